The maximum Gasteiger partial charge on any atom is 0.311 e. The van der Waals surface area contributed by atoms with Crippen molar-refractivity contribution in [2.24, 2.45) is 5.41 Å². The number of aliphatic carboxylic acids is 1. The van der Waals surface area contributed by atoms with E-state index in [2.05, 4.69) is 36.9 Å². The Morgan fingerprint density at radius 1 is 1.40 bits per heavy atom. The summed E-state index contributed by atoms with van der Waals surface area (Å²) in [7, 11) is 1.63. The molecule has 1 N–H and O–H groups in total. The molecule has 1 fully saturated rings. The van der Waals surface area contributed by atoms with Crippen LogP contribution in [0.1, 0.15) is 44.2 Å². The highest BCUT2D eigenvalue weighted by Crippen LogP contribution is 2.40. The van der Waals surface area contributed by atoms with Gasteiger partial charge in [-0.2, -0.15) is 0 Å². The van der Waals surface area contributed by atoms with Gasteiger partial charge >= 0.3 is 5.97 Å². The Labute approximate surface area is 149 Å². The molecule has 0 amide bonds. The van der Waals surface area contributed by atoms with Gasteiger partial charge in [-0.3, -0.25) is 9.69 Å². The number of benzene rings is 1. The summed E-state index contributed by atoms with van der Waals surface area (Å²) < 4.78 is 11.3. The Balaban J connectivity index is 1.76. The first kappa shape index (κ1) is 18.2. The Morgan fingerprint density at radius 2 is 2.20 bits per heavy atom. The van der Waals surface area contributed by atoms with Gasteiger partial charge in [0.2, 0.25) is 0 Å². The van der Waals surface area contributed by atoms with Crippen LogP contribution in [-0.2, 0) is 22.5 Å². The predicted molar refractivity (Wildman–Crippen MR) is 95.9 cm³/mol. The summed E-state index contributed by atoms with van der Waals surface area (Å²) in [4.78, 5) is 14.2. The topological polar surface area (TPSA) is 59.0 Å². The molecule has 5 heteroatoms. The first-order chi connectivity index (χ1) is 11.9. The fourth-order valence-electron chi connectivity index (χ4n) is 4.19. The monoisotopic (exact) mass is 347 g/mol. The number of carboxylic acids is 1. The van der Waals surface area contributed by atoms with E-state index in [4.69, 9.17) is 9.47 Å². The predicted octanol–water partition coefficient (Wildman–Crippen LogP) is 3.10. The van der Waals surface area contributed by atoms with Crippen molar-refractivity contribution in [1.82, 2.24) is 4.90 Å². The summed E-state index contributed by atoms with van der Waals surface area (Å²) in [5, 5.41) is 9.82. The number of hydrogen-bond donors (Lipinski definition) is 1. The van der Waals surface area contributed by atoms with Gasteiger partial charge in [0.25, 0.3) is 0 Å². The van der Waals surface area contributed by atoms with Crippen LogP contribution in [0.3, 0.4) is 0 Å². The van der Waals surface area contributed by atoms with Crippen molar-refractivity contribution < 1.29 is 19.4 Å². The zero-order valence-electron chi connectivity index (χ0n) is 15.5. The lowest BCUT2D eigenvalue weighted by Crippen LogP contribution is -2.48. The van der Waals surface area contributed by atoms with Gasteiger partial charge in [0.1, 0.15) is 11.4 Å². The van der Waals surface area contributed by atoms with E-state index in [9.17, 15) is 9.90 Å². The lowest BCUT2D eigenvalue weighted by Gasteiger charge is -2.40. The molecule has 0 aliphatic carbocycles. The fraction of sp³-hybridized carbons (Fsp3) is 0.650. The molecule has 0 saturated carbocycles. The van der Waals surface area contributed by atoms with Gasteiger partial charge in [0.05, 0.1) is 5.41 Å². The maximum atomic E-state index is 11.9. The van der Waals surface area contributed by atoms with Crippen molar-refractivity contribution in [3.8, 4) is 5.75 Å². The summed E-state index contributed by atoms with van der Waals surface area (Å²) in [5.41, 5.74) is 1.55. The molecule has 1 aromatic rings. The number of likely N-dealkylation sites (tertiary alicyclic amines) is 1. The average molecular weight is 347 g/mol. The molecule has 1 atom stereocenters. The zero-order valence-corrected chi connectivity index (χ0v) is 15.5. The van der Waals surface area contributed by atoms with Crippen LogP contribution in [0.4, 0.5) is 0 Å². The Hall–Kier alpha value is -1.59. The summed E-state index contributed by atoms with van der Waals surface area (Å²) in [5.74, 6) is 0.292. The third-order valence-corrected chi connectivity index (χ3v) is 5.46. The van der Waals surface area contributed by atoms with Crippen molar-refractivity contribution in [3.63, 3.8) is 0 Å². The number of para-hydroxylation sites is 1. The third kappa shape index (κ3) is 3.82. The Kier molecular flexibility index (Phi) is 5.07. The van der Waals surface area contributed by atoms with Crippen LogP contribution >= 0.6 is 0 Å². The first-order valence-corrected chi connectivity index (χ1v) is 9.10. The molecule has 2 heterocycles. The van der Waals surface area contributed by atoms with E-state index in [0.717, 1.165) is 43.7 Å². The van der Waals surface area contributed by atoms with Gasteiger partial charge in [-0.15, -0.1) is 0 Å². The molecule has 0 radical (unpaired) electrons. The number of carboxylic acid groups (broad SMARTS) is 1. The van der Waals surface area contributed by atoms with Crippen LogP contribution in [-0.4, -0.2) is 48.4 Å². The van der Waals surface area contributed by atoms with Gasteiger partial charge < -0.3 is 14.6 Å². The molecule has 5 nitrogen and oxygen atoms in total. The van der Waals surface area contributed by atoms with E-state index < -0.39 is 11.4 Å². The highest BCUT2D eigenvalue weighted by molar-refractivity contribution is 5.75. The number of rotatable bonds is 6. The average Bonchev–Trinajstić information content (AvgIpc) is 2.88. The van der Waals surface area contributed by atoms with E-state index in [1.54, 1.807) is 7.11 Å². The minimum absolute atomic E-state index is 0.163. The second kappa shape index (κ2) is 6.96. The zero-order chi connectivity index (χ0) is 18.1. The van der Waals surface area contributed by atoms with E-state index in [1.165, 1.54) is 5.56 Å². The number of nitrogens with zero attached hydrogens (tertiary/aromatic N) is 1. The molecule has 3 rings (SSSR count). The highest BCUT2D eigenvalue weighted by Gasteiger charge is 2.42. The quantitative estimate of drug-likeness (QED) is 0.857. The molecule has 0 spiro atoms. The number of fused-ring (bicyclic) bond motifs is 1. The lowest BCUT2D eigenvalue weighted by molar-refractivity contribution is -0.154. The summed E-state index contributed by atoms with van der Waals surface area (Å²) >= 11 is 0. The smallest absolute Gasteiger partial charge is 0.311 e. The minimum atomic E-state index is -0.704. The van der Waals surface area contributed by atoms with Gasteiger partial charge in [0.15, 0.2) is 0 Å². The summed E-state index contributed by atoms with van der Waals surface area (Å²) in [6.07, 6.45) is 3.10. The van der Waals surface area contributed by atoms with Gasteiger partial charge in [-0.1, -0.05) is 18.2 Å². The SMILES string of the molecule is COCCC1(C(=O)O)CCCN(Cc2cccc3c2OC(C)(C)C3)C1. The van der Waals surface area contributed by atoms with E-state index in [1.807, 2.05) is 0 Å². The van der Waals surface area contributed by atoms with Crippen molar-refractivity contribution in [1.29, 1.82) is 0 Å². The number of piperidine rings is 1. The summed E-state index contributed by atoms with van der Waals surface area (Å²) in [6, 6.07) is 6.31. The van der Waals surface area contributed by atoms with Crippen LogP contribution < -0.4 is 4.74 Å². The van der Waals surface area contributed by atoms with Crippen LogP contribution in [0, 0.1) is 5.41 Å². The molecule has 0 bridgehead atoms. The molecule has 1 unspecified atom stereocenters. The van der Waals surface area contributed by atoms with Crippen LogP contribution in [0.2, 0.25) is 0 Å². The van der Waals surface area contributed by atoms with Crippen molar-refractivity contribution in [2.45, 2.75) is 51.7 Å². The molecule has 25 heavy (non-hydrogen) atoms. The van der Waals surface area contributed by atoms with E-state index in [-0.39, 0.29) is 5.60 Å². The molecular formula is C20H29NO4. The van der Waals surface area contributed by atoms with Crippen molar-refractivity contribution in [2.75, 3.05) is 26.8 Å². The second-order valence-electron chi connectivity index (χ2n) is 8.09. The summed E-state index contributed by atoms with van der Waals surface area (Å²) in [6.45, 7) is 6.93. The highest BCUT2D eigenvalue weighted by atomic mass is 16.5. The van der Waals surface area contributed by atoms with Crippen LogP contribution in [0.15, 0.2) is 18.2 Å². The molecule has 2 aliphatic heterocycles. The first-order valence-electron chi connectivity index (χ1n) is 9.10. The number of hydrogen-bond acceptors (Lipinski definition) is 4. The van der Waals surface area contributed by atoms with Gasteiger partial charge in [-0.25, -0.2) is 0 Å². The molecule has 138 valence electrons. The normalized spacial score (nSPS) is 25.4. The number of methoxy groups -OCH3 is 1. The maximum absolute atomic E-state index is 11.9. The fourth-order valence-corrected chi connectivity index (χ4v) is 4.19. The van der Waals surface area contributed by atoms with Crippen LogP contribution in [0.5, 0.6) is 5.75 Å². The molecule has 0 aromatic heterocycles. The Morgan fingerprint density at radius 3 is 2.92 bits per heavy atom. The molecule has 2 aliphatic rings. The lowest BCUT2D eigenvalue weighted by atomic mass is 9.77. The molecule has 1 aromatic carbocycles. The largest absolute Gasteiger partial charge is 0.487 e. The third-order valence-electron chi connectivity index (χ3n) is 5.46. The van der Waals surface area contributed by atoms with Crippen molar-refractivity contribution in [3.05, 3.63) is 29.3 Å². The molecular weight excluding hydrogens is 318 g/mol. The van der Waals surface area contributed by atoms with Crippen LogP contribution in [0.25, 0.3) is 0 Å². The van der Waals surface area contributed by atoms with E-state index >= 15 is 0 Å². The standard InChI is InChI=1S/C20H29NO4/c1-19(2)12-15-6-4-7-16(17(15)25-19)13-21-10-5-8-20(14-21,18(22)23)9-11-24-3/h4,6-7H,5,8-14H2,1-3H3,(H,22,23). The van der Waals surface area contributed by atoms with E-state index in [0.29, 0.717) is 19.6 Å². The van der Waals surface area contributed by atoms with Gasteiger partial charge in [0, 0.05) is 38.8 Å². The van der Waals surface area contributed by atoms with Gasteiger partial charge in [-0.05, 0) is 45.2 Å². The second-order valence-corrected chi connectivity index (χ2v) is 8.09. The number of carbonyl (C=O) groups is 1. The minimum Gasteiger partial charge on any atom is -0.487 e. The molecule has 1 saturated heterocycles. The Bertz CT molecular complexity index is 643. The number of ether oxygens (including phenoxy) is 2. The van der Waals surface area contributed by atoms with Crippen molar-refractivity contribution >= 4 is 5.97 Å².